The van der Waals surface area contributed by atoms with Crippen molar-refractivity contribution in [1.82, 2.24) is 10.6 Å². The van der Waals surface area contributed by atoms with Crippen molar-refractivity contribution in [2.45, 2.75) is 174 Å². The summed E-state index contributed by atoms with van der Waals surface area (Å²) in [5.74, 6) is -1.50. The molecule has 0 spiro atoms. The zero-order valence-electron chi connectivity index (χ0n) is 33.0. The minimum atomic E-state index is -2.05. The molecule has 0 unspecified atom stereocenters. The first kappa shape index (κ1) is 50.0. The molecule has 16 N–H and O–H groups in total. The van der Waals surface area contributed by atoms with E-state index in [0.29, 0.717) is 0 Å². The van der Waals surface area contributed by atoms with E-state index < -0.39 is 192 Å². The highest BCUT2D eigenvalue weighted by Crippen LogP contribution is 2.34. The van der Waals surface area contributed by atoms with Crippen molar-refractivity contribution in [3.8, 4) is 0 Å². The van der Waals surface area contributed by atoms with Crippen LogP contribution in [0, 0.1) is 0 Å². The number of aliphatic hydroxyl groups is 14. The predicted octanol–water partition coefficient (Wildman–Crippen LogP) is -10.6. The first-order valence-electron chi connectivity index (χ1n) is 19.4. The third-order valence-corrected chi connectivity index (χ3v) is 11.0. The van der Waals surface area contributed by atoms with Crippen molar-refractivity contribution >= 4 is 11.8 Å². The molecule has 5 aliphatic rings. The van der Waals surface area contributed by atoms with Gasteiger partial charge < -0.3 is 125 Å². The topological polar surface area (TPSA) is 424 Å². The molecule has 354 valence electrons. The van der Waals surface area contributed by atoms with E-state index in [0.717, 1.165) is 13.8 Å². The van der Waals surface area contributed by atoms with Crippen molar-refractivity contribution in [1.29, 1.82) is 0 Å². The average Bonchev–Trinajstić information content (AvgIpc) is 3.21. The molecule has 5 rings (SSSR count). The molecular formula is C34H58N2O25. The van der Waals surface area contributed by atoms with Gasteiger partial charge in [0.25, 0.3) is 0 Å². The number of rotatable bonds is 14. The first-order valence-corrected chi connectivity index (χ1v) is 19.4. The van der Waals surface area contributed by atoms with Gasteiger partial charge in [-0.1, -0.05) is 0 Å². The maximum Gasteiger partial charge on any atom is 0.217 e. The molecule has 0 radical (unpaired) electrons. The molecule has 0 aliphatic carbocycles. The Bertz CT molecular complexity index is 1420. The second-order valence-corrected chi connectivity index (χ2v) is 15.5. The lowest BCUT2D eigenvalue weighted by atomic mass is 9.94. The second-order valence-electron chi connectivity index (χ2n) is 15.5. The van der Waals surface area contributed by atoms with Gasteiger partial charge >= 0.3 is 0 Å². The summed E-state index contributed by atoms with van der Waals surface area (Å²) in [6.45, 7) is 0.353. The van der Waals surface area contributed by atoms with Gasteiger partial charge in [-0.3, -0.25) is 9.59 Å². The molecule has 0 aromatic heterocycles. The van der Waals surface area contributed by atoms with Gasteiger partial charge in [-0.15, -0.1) is 0 Å². The van der Waals surface area contributed by atoms with E-state index in [2.05, 4.69) is 10.6 Å². The summed E-state index contributed by atoms with van der Waals surface area (Å²) in [6.07, 6.45) is -39.7. The molecule has 2 amide bonds. The van der Waals surface area contributed by atoms with Crippen molar-refractivity contribution in [2.75, 3.05) is 26.4 Å². The average molecular weight is 895 g/mol. The van der Waals surface area contributed by atoms with Crippen molar-refractivity contribution < 1.29 is 124 Å². The lowest BCUT2D eigenvalue weighted by Crippen LogP contribution is -2.70. The van der Waals surface area contributed by atoms with Crippen LogP contribution in [0.1, 0.15) is 20.8 Å². The largest absolute Gasteiger partial charge is 0.394 e. The molecule has 5 saturated heterocycles. The maximum absolute atomic E-state index is 12.5. The van der Waals surface area contributed by atoms with Crippen molar-refractivity contribution in [3.63, 3.8) is 0 Å². The molecule has 0 saturated carbocycles. The smallest absolute Gasteiger partial charge is 0.217 e. The van der Waals surface area contributed by atoms with E-state index in [1.807, 2.05) is 0 Å². The Labute approximate surface area is 346 Å². The van der Waals surface area contributed by atoms with Crippen LogP contribution in [-0.2, 0) is 52.2 Å². The van der Waals surface area contributed by atoms with Crippen molar-refractivity contribution in [3.05, 3.63) is 0 Å². The van der Waals surface area contributed by atoms with Crippen LogP contribution >= 0.6 is 0 Å². The minimum absolute atomic E-state index is 0.676. The molecule has 0 bridgehead atoms. The summed E-state index contributed by atoms with van der Waals surface area (Å²) >= 11 is 0. The number of amides is 2. The van der Waals surface area contributed by atoms with Crippen LogP contribution in [0.4, 0.5) is 0 Å². The Balaban J connectivity index is 1.33. The van der Waals surface area contributed by atoms with Crippen LogP contribution in [0.15, 0.2) is 0 Å². The highest BCUT2D eigenvalue weighted by molar-refractivity contribution is 5.73. The Hall–Kier alpha value is -1.98. The highest BCUT2D eigenvalue weighted by Gasteiger charge is 2.55. The second kappa shape index (κ2) is 21.3. The van der Waals surface area contributed by atoms with Crippen LogP contribution in [0.2, 0.25) is 0 Å². The fourth-order valence-electron chi connectivity index (χ4n) is 7.58. The number of carbonyl (C=O) groups excluding carboxylic acids is 2. The van der Waals surface area contributed by atoms with Crippen LogP contribution in [0.5, 0.6) is 0 Å². The van der Waals surface area contributed by atoms with Gasteiger partial charge in [0.1, 0.15) is 116 Å². The third kappa shape index (κ3) is 11.1. The summed E-state index contributed by atoms with van der Waals surface area (Å²) in [6, 6.07) is -3.23. The summed E-state index contributed by atoms with van der Waals surface area (Å²) in [5.41, 5.74) is 0. The van der Waals surface area contributed by atoms with Crippen LogP contribution in [0.3, 0.4) is 0 Å². The van der Waals surface area contributed by atoms with E-state index in [-0.39, 0.29) is 0 Å². The number of nitrogens with one attached hydrogen (secondary N) is 2. The molecule has 5 aliphatic heterocycles. The molecule has 25 atom stereocenters. The van der Waals surface area contributed by atoms with Gasteiger partial charge in [0.2, 0.25) is 11.8 Å². The summed E-state index contributed by atoms with van der Waals surface area (Å²) < 4.78 is 50.8. The Morgan fingerprint density at radius 2 is 0.885 bits per heavy atom. The van der Waals surface area contributed by atoms with Crippen LogP contribution in [-0.4, -0.2) is 263 Å². The van der Waals surface area contributed by atoms with Gasteiger partial charge in [0.15, 0.2) is 31.5 Å². The third-order valence-electron chi connectivity index (χ3n) is 11.0. The summed E-state index contributed by atoms with van der Waals surface area (Å²) in [5, 5.41) is 152. The van der Waals surface area contributed by atoms with Crippen LogP contribution < -0.4 is 10.6 Å². The van der Waals surface area contributed by atoms with E-state index in [9.17, 15) is 81.1 Å². The Morgan fingerprint density at radius 3 is 1.46 bits per heavy atom. The zero-order valence-corrected chi connectivity index (χ0v) is 33.0. The number of ether oxygens (including phenoxy) is 9. The molecule has 5 fully saturated rings. The maximum atomic E-state index is 12.5. The highest BCUT2D eigenvalue weighted by atomic mass is 16.8. The fraction of sp³-hybridized carbons (Fsp3) is 0.941. The quantitative estimate of drug-likeness (QED) is 0.0770. The Kier molecular flexibility index (Phi) is 17.5. The van der Waals surface area contributed by atoms with Gasteiger partial charge in [0, 0.05) is 13.8 Å². The van der Waals surface area contributed by atoms with Gasteiger partial charge in [-0.25, -0.2) is 0 Å². The van der Waals surface area contributed by atoms with E-state index in [1.165, 1.54) is 6.92 Å². The minimum Gasteiger partial charge on any atom is -0.394 e. The first-order chi connectivity index (χ1) is 28.7. The lowest BCUT2D eigenvalue weighted by molar-refractivity contribution is -0.367. The van der Waals surface area contributed by atoms with E-state index in [4.69, 9.17) is 42.6 Å². The van der Waals surface area contributed by atoms with E-state index >= 15 is 0 Å². The summed E-state index contributed by atoms with van der Waals surface area (Å²) in [7, 11) is 0. The molecule has 5 heterocycles. The monoisotopic (exact) mass is 894 g/mol. The number of hydrogen-bond acceptors (Lipinski definition) is 25. The van der Waals surface area contributed by atoms with Crippen molar-refractivity contribution in [2.24, 2.45) is 0 Å². The normalized spacial score (nSPS) is 49.6. The Morgan fingerprint density at radius 1 is 0.459 bits per heavy atom. The molecule has 0 aromatic rings. The summed E-state index contributed by atoms with van der Waals surface area (Å²) in [4.78, 5) is 24.5. The standard InChI is InChI=1S/C34H58N2O25/c1-8-17(41)22(46)25(49)32(55-8)54-7-14-29(20(44)15(30(52)56-14)35-9(2)39)60-31-16(36-10(3)40)21(45)28(12(5-38)58-31)61-34-27(51)24(48)19(43)13(59-34)6-53-33-26(50)23(47)18(42)11(4-37)57-33/h8,11-34,37-38,41-52H,4-7H2,1-3H3,(H,35,39)(H,36,40)/t8-,11+,12+,13+,14+,15+,16+,17+,18+,19+,20+,21+,22+,23-,24-,25-,26-,27-,28+,29+,30+,31-,32-,33-,34-/m0/s1. The molecule has 61 heavy (non-hydrogen) atoms. The van der Waals surface area contributed by atoms with Gasteiger partial charge in [0.05, 0.1) is 32.5 Å². The van der Waals surface area contributed by atoms with Gasteiger partial charge in [-0.05, 0) is 6.92 Å². The van der Waals surface area contributed by atoms with E-state index in [1.54, 1.807) is 0 Å². The molecule has 0 aromatic carbocycles. The zero-order chi connectivity index (χ0) is 45.2. The molecule has 27 nitrogen and oxygen atoms in total. The fourth-order valence-corrected chi connectivity index (χ4v) is 7.58. The number of hydrogen-bond donors (Lipinski definition) is 16. The number of aliphatic hydroxyl groups excluding tert-OH is 14. The predicted molar refractivity (Wildman–Crippen MR) is 188 cm³/mol. The molecular weight excluding hydrogens is 836 g/mol. The molecule has 27 heteroatoms. The van der Waals surface area contributed by atoms with Crippen LogP contribution in [0.25, 0.3) is 0 Å². The SMILES string of the molecule is CC(=O)N[C@@H]1[C@@H](O)[C@H](O[C@@H]2O[C@H](CO)[C@@H](O[C@@H]3O[C@H](CO[C@H]4O[C@H](CO)[C@@H](O)[C@H](O)[C@@H]4O)[C@@H](O)[C@H](O)[C@@H]3O)[C@H](O)[C@H]2NC(C)=O)[C@@H](CO[C@H]2O[C@@H](C)[C@@H](O)[C@@H](O)[C@@H]2O)O[C@H]1O. The lowest BCUT2D eigenvalue weighted by Gasteiger charge is -2.49. The van der Waals surface area contributed by atoms with Gasteiger partial charge in [-0.2, -0.15) is 0 Å². The number of carbonyl (C=O) groups is 2.